The van der Waals surface area contributed by atoms with Crippen LogP contribution in [-0.2, 0) is 20.8 Å². The van der Waals surface area contributed by atoms with Crippen molar-refractivity contribution in [3.05, 3.63) is 29.3 Å². The standard InChI is InChI=1S/C36H59NO7/c1-24(2)13-10-14-25(3)15-11-16-26(4)17-12-19-36(8)20-18-30-29(7)34(27(5)28(6)35(30)44-36)43-33(42)23-37(9,21-31(38)39)22-32(40)41/h24-26H,9-23H2,1-8H3,(H,38,39)(H,40,41)/t25-,26-,36-/m1/s1. The summed E-state index contributed by atoms with van der Waals surface area (Å²) in [7, 11) is 3.71. The molecule has 0 aliphatic carbocycles. The molecule has 0 radical (unpaired) electrons. The van der Waals surface area contributed by atoms with Gasteiger partial charge in [0.05, 0.1) is 0 Å². The molecule has 0 amide bonds. The molecule has 250 valence electrons. The second-order valence-electron chi connectivity index (χ2n) is 14.5. The van der Waals surface area contributed by atoms with Crippen molar-refractivity contribution < 1.29 is 38.6 Å². The number of ether oxygens (including phenoxy) is 2. The van der Waals surface area contributed by atoms with Crippen molar-refractivity contribution in [2.45, 2.75) is 132 Å². The predicted molar refractivity (Wildman–Crippen MR) is 174 cm³/mol. The monoisotopic (exact) mass is 617 g/mol. The van der Waals surface area contributed by atoms with Gasteiger partial charge in [0.15, 0.2) is 19.6 Å². The molecule has 8 nitrogen and oxygen atoms in total. The predicted octanol–water partition coefficient (Wildman–Crippen LogP) is 7.82. The highest BCUT2D eigenvalue weighted by atomic mass is 16.5. The topological polar surface area (TPSA) is 110 Å². The van der Waals surface area contributed by atoms with Crippen molar-refractivity contribution >= 4 is 17.9 Å². The van der Waals surface area contributed by atoms with Crippen molar-refractivity contribution in [2.75, 3.05) is 19.6 Å². The molecule has 2 rings (SSSR count). The minimum Gasteiger partial charge on any atom is -0.487 e. The third-order valence-electron chi connectivity index (χ3n) is 9.46. The fraction of sp³-hybridized carbons (Fsp3) is 0.722. The zero-order chi connectivity index (χ0) is 33.2. The molecule has 2 N–H and O–H groups in total. The van der Waals surface area contributed by atoms with E-state index in [1.165, 1.54) is 44.9 Å². The molecule has 3 atom stereocenters. The van der Waals surface area contributed by atoms with Crippen LogP contribution in [0.15, 0.2) is 0 Å². The van der Waals surface area contributed by atoms with Crippen LogP contribution in [0.5, 0.6) is 11.5 Å². The number of carboxylic acids is 2. The van der Waals surface area contributed by atoms with Crippen molar-refractivity contribution in [1.82, 2.24) is 0 Å². The van der Waals surface area contributed by atoms with E-state index in [9.17, 15) is 24.6 Å². The molecule has 0 saturated carbocycles. The summed E-state index contributed by atoms with van der Waals surface area (Å²) in [5, 5.41) is 18.4. The number of carboxylic acid groups (broad SMARTS) is 2. The molecule has 8 heteroatoms. The van der Waals surface area contributed by atoms with Gasteiger partial charge in [-0.05, 0) is 87.8 Å². The minimum absolute atomic E-state index is 0.252. The number of carbonyl (C=O) groups excluding carboxylic acids is 1. The number of hydrogen-bond acceptors (Lipinski definition) is 5. The van der Waals surface area contributed by atoms with E-state index in [4.69, 9.17) is 9.47 Å². The van der Waals surface area contributed by atoms with Crippen LogP contribution >= 0.6 is 0 Å². The Morgan fingerprint density at radius 2 is 1.36 bits per heavy atom. The Morgan fingerprint density at radius 3 is 1.89 bits per heavy atom. The van der Waals surface area contributed by atoms with Crippen LogP contribution in [0.2, 0.25) is 0 Å². The van der Waals surface area contributed by atoms with Crippen LogP contribution in [0.3, 0.4) is 0 Å². The number of nitrogens with zero attached hydrogens (tertiary/aromatic N) is 1. The van der Waals surface area contributed by atoms with Gasteiger partial charge in [-0.2, -0.15) is 0 Å². The van der Waals surface area contributed by atoms with Gasteiger partial charge < -0.3 is 24.2 Å². The van der Waals surface area contributed by atoms with E-state index in [-0.39, 0.29) is 5.60 Å². The van der Waals surface area contributed by atoms with Crippen molar-refractivity contribution in [3.63, 3.8) is 0 Å². The van der Waals surface area contributed by atoms with Gasteiger partial charge in [0.25, 0.3) is 0 Å². The van der Waals surface area contributed by atoms with Crippen molar-refractivity contribution in [2.24, 2.45) is 17.8 Å². The van der Waals surface area contributed by atoms with Gasteiger partial charge in [0.2, 0.25) is 0 Å². The van der Waals surface area contributed by atoms with Crippen LogP contribution < -0.4 is 9.47 Å². The summed E-state index contributed by atoms with van der Waals surface area (Å²) in [5.74, 6) is 0.435. The fourth-order valence-corrected chi connectivity index (χ4v) is 6.57. The van der Waals surface area contributed by atoms with Gasteiger partial charge >= 0.3 is 17.9 Å². The molecular weight excluding hydrogens is 558 g/mol. The van der Waals surface area contributed by atoms with E-state index in [1.807, 2.05) is 20.8 Å². The Bertz CT molecular complexity index is 1130. The number of quaternary nitrogens is 1. The first-order valence-electron chi connectivity index (χ1n) is 16.6. The highest BCUT2D eigenvalue weighted by Gasteiger charge is 2.35. The van der Waals surface area contributed by atoms with Crippen LogP contribution in [0.1, 0.15) is 121 Å². The first kappa shape index (κ1) is 37.6. The van der Waals surface area contributed by atoms with E-state index < -0.39 is 42.0 Å². The van der Waals surface area contributed by atoms with E-state index in [0.29, 0.717) is 11.7 Å². The second-order valence-corrected chi connectivity index (χ2v) is 14.5. The Morgan fingerprint density at radius 1 is 0.841 bits per heavy atom. The van der Waals surface area contributed by atoms with E-state index >= 15 is 0 Å². The summed E-state index contributed by atoms with van der Waals surface area (Å²) < 4.78 is 11.7. The molecule has 1 heterocycles. The molecule has 0 saturated heterocycles. The number of rotatable bonds is 19. The quantitative estimate of drug-likeness (QED) is 0.0705. The van der Waals surface area contributed by atoms with Gasteiger partial charge in [-0.3, -0.25) is 0 Å². The average Bonchev–Trinajstić information content (AvgIpc) is 2.88. The maximum absolute atomic E-state index is 12.9. The summed E-state index contributed by atoms with van der Waals surface area (Å²) in [6, 6.07) is 0. The smallest absolute Gasteiger partial charge is 0.364 e. The highest BCUT2D eigenvalue weighted by Crippen LogP contribution is 2.45. The first-order chi connectivity index (χ1) is 20.4. The molecule has 0 bridgehead atoms. The number of aliphatic carboxylic acids is 2. The summed E-state index contributed by atoms with van der Waals surface area (Å²) in [4.78, 5) is 35.5. The van der Waals surface area contributed by atoms with Gasteiger partial charge in [-0.1, -0.05) is 72.6 Å². The van der Waals surface area contributed by atoms with E-state index in [1.54, 1.807) is 0 Å². The third kappa shape index (κ3) is 11.7. The average molecular weight is 618 g/mol. The molecule has 0 unspecified atom stereocenters. The number of hydrogen-bond donors (Lipinski definition) is 2. The van der Waals surface area contributed by atoms with E-state index in [0.717, 1.165) is 65.5 Å². The van der Waals surface area contributed by atoms with Crippen LogP contribution in [0.25, 0.3) is 0 Å². The summed E-state index contributed by atoms with van der Waals surface area (Å²) in [6.07, 6.45) is 13.0. The summed E-state index contributed by atoms with van der Waals surface area (Å²) in [6.45, 7) is 15.7. The third-order valence-corrected chi connectivity index (χ3v) is 9.46. The molecule has 0 spiro atoms. The molecule has 44 heavy (non-hydrogen) atoms. The molecule has 0 fully saturated rings. The maximum Gasteiger partial charge on any atom is 0.364 e. The molecule has 1 aliphatic rings. The number of carbonyl (C=O) groups is 3. The SMILES string of the molecule is [CH2-][N+](CC(=O)O)(CC(=O)O)CC(=O)Oc1c(C)c(C)c2c(c1C)CC[C@@](C)(CCC[C@H](C)CCC[C@H](C)CCCC(C)C)O2. The molecule has 0 aromatic heterocycles. The van der Waals surface area contributed by atoms with Crippen molar-refractivity contribution in [3.8, 4) is 11.5 Å². The molecular formula is C36H59NO7. The van der Waals surface area contributed by atoms with Crippen LogP contribution in [0.4, 0.5) is 0 Å². The zero-order valence-corrected chi connectivity index (χ0v) is 28.7. The van der Waals surface area contributed by atoms with Crippen molar-refractivity contribution in [1.29, 1.82) is 0 Å². The van der Waals surface area contributed by atoms with E-state index in [2.05, 4.69) is 41.7 Å². The number of fused-ring (bicyclic) bond motifs is 1. The minimum atomic E-state index is -1.24. The van der Waals surface area contributed by atoms with Gasteiger partial charge in [-0.15, -0.1) is 7.05 Å². The lowest BCUT2D eigenvalue weighted by Gasteiger charge is -2.39. The Hall–Kier alpha value is -2.61. The highest BCUT2D eigenvalue weighted by molar-refractivity contribution is 5.77. The lowest BCUT2D eigenvalue weighted by Crippen LogP contribution is -2.52. The Balaban J connectivity index is 1.97. The van der Waals surface area contributed by atoms with Crippen LogP contribution in [0, 0.1) is 45.6 Å². The fourth-order valence-electron chi connectivity index (χ4n) is 6.57. The largest absolute Gasteiger partial charge is 0.487 e. The molecule has 1 aromatic carbocycles. The second kappa shape index (κ2) is 16.6. The Kier molecular flexibility index (Phi) is 14.2. The lowest BCUT2D eigenvalue weighted by molar-refractivity contribution is -0.863. The normalized spacial score (nSPS) is 18.0. The summed E-state index contributed by atoms with van der Waals surface area (Å²) >= 11 is 0. The number of esters is 1. The van der Waals surface area contributed by atoms with Crippen LogP contribution in [-0.4, -0.2) is 57.8 Å². The first-order valence-corrected chi connectivity index (χ1v) is 16.6. The van der Waals surface area contributed by atoms with Gasteiger partial charge in [-0.25, -0.2) is 14.4 Å². The lowest BCUT2D eigenvalue weighted by atomic mass is 9.83. The maximum atomic E-state index is 12.9. The molecule has 1 aromatic rings. The van der Waals surface area contributed by atoms with Gasteiger partial charge in [0.1, 0.15) is 17.1 Å². The zero-order valence-electron chi connectivity index (χ0n) is 28.7. The summed E-state index contributed by atoms with van der Waals surface area (Å²) in [5.41, 5.74) is 3.30. The van der Waals surface area contributed by atoms with Gasteiger partial charge in [0, 0.05) is 5.56 Å². The number of benzene rings is 1. The Labute approximate surface area is 266 Å². The molecule has 1 aliphatic heterocycles.